The number of hydrogen-bond acceptors (Lipinski definition) is 3. The van der Waals surface area contributed by atoms with Crippen molar-refractivity contribution in [1.29, 1.82) is 5.41 Å². The SMILES string of the molecule is C=CC.CC(=N)CCC1(C)C(C)CCC2(C)C3CCC4(/C=N/O)CCCC4C3CCC12. The molecule has 3 nitrogen and oxygen atoms in total. The van der Waals surface area contributed by atoms with E-state index in [4.69, 9.17) is 5.41 Å². The van der Waals surface area contributed by atoms with Gasteiger partial charge in [-0.3, -0.25) is 0 Å². The highest BCUT2D eigenvalue weighted by Crippen LogP contribution is 2.69. The van der Waals surface area contributed by atoms with Crippen LogP contribution in [-0.2, 0) is 0 Å². The largest absolute Gasteiger partial charge is 0.411 e. The van der Waals surface area contributed by atoms with Crippen molar-refractivity contribution >= 4 is 11.9 Å². The molecule has 0 aliphatic heterocycles. The van der Waals surface area contributed by atoms with Crippen LogP contribution in [0.15, 0.2) is 17.8 Å². The third-order valence-corrected chi connectivity index (χ3v) is 10.7. The molecule has 176 valence electrons. The third kappa shape index (κ3) is 4.15. The maximum atomic E-state index is 9.35. The first-order valence-electron chi connectivity index (χ1n) is 13.0. The smallest absolute Gasteiger partial charge is 0.0500 e. The van der Waals surface area contributed by atoms with Gasteiger partial charge in [0.15, 0.2) is 0 Å². The second-order valence-corrected chi connectivity index (χ2v) is 12.1. The molecule has 2 N–H and O–H groups in total. The van der Waals surface area contributed by atoms with E-state index < -0.39 is 0 Å². The lowest BCUT2D eigenvalue weighted by molar-refractivity contribution is -0.157. The Morgan fingerprint density at radius 3 is 2.45 bits per heavy atom. The summed E-state index contributed by atoms with van der Waals surface area (Å²) >= 11 is 0. The van der Waals surface area contributed by atoms with E-state index in [9.17, 15) is 5.21 Å². The summed E-state index contributed by atoms with van der Waals surface area (Å²) in [5.41, 5.74) is 1.90. The first kappa shape index (κ1) is 24.5. The maximum Gasteiger partial charge on any atom is 0.0500 e. The summed E-state index contributed by atoms with van der Waals surface area (Å²) in [5, 5.41) is 20.9. The van der Waals surface area contributed by atoms with Gasteiger partial charge in [0.25, 0.3) is 0 Å². The van der Waals surface area contributed by atoms with Crippen LogP contribution in [-0.4, -0.2) is 17.1 Å². The van der Waals surface area contributed by atoms with Crippen molar-refractivity contribution in [2.75, 3.05) is 0 Å². The molecule has 0 heterocycles. The average molecular weight is 429 g/mol. The van der Waals surface area contributed by atoms with Crippen molar-refractivity contribution in [2.24, 2.45) is 51.0 Å². The fourth-order valence-electron chi connectivity index (χ4n) is 9.02. The third-order valence-electron chi connectivity index (χ3n) is 10.7. The quantitative estimate of drug-likeness (QED) is 0.202. The van der Waals surface area contributed by atoms with E-state index in [1.807, 2.05) is 20.1 Å². The molecule has 4 rings (SSSR count). The van der Waals surface area contributed by atoms with Crippen molar-refractivity contribution in [3.8, 4) is 0 Å². The Morgan fingerprint density at radius 1 is 1.10 bits per heavy atom. The van der Waals surface area contributed by atoms with E-state index >= 15 is 0 Å². The van der Waals surface area contributed by atoms with E-state index in [0.717, 1.165) is 41.7 Å². The van der Waals surface area contributed by atoms with Gasteiger partial charge in [-0.2, -0.15) is 0 Å². The molecule has 0 aromatic heterocycles. The van der Waals surface area contributed by atoms with Gasteiger partial charge in [0.2, 0.25) is 0 Å². The van der Waals surface area contributed by atoms with Gasteiger partial charge in [-0.25, -0.2) is 0 Å². The average Bonchev–Trinajstić information content (AvgIpc) is 3.15. The van der Waals surface area contributed by atoms with Crippen molar-refractivity contribution < 1.29 is 5.21 Å². The first-order valence-corrected chi connectivity index (χ1v) is 13.0. The van der Waals surface area contributed by atoms with E-state index in [2.05, 4.69) is 32.5 Å². The Morgan fingerprint density at radius 2 is 1.81 bits per heavy atom. The number of nitrogens with one attached hydrogen (secondary N) is 1. The van der Waals surface area contributed by atoms with Crippen LogP contribution in [0.5, 0.6) is 0 Å². The number of nitrogens with zero attached hydrogens (tertiary/aromatic N) is 1. The summed E-state index contributed by atoms with van der Waals surface area (Å²) in [7, 11) is 0. The Balaban J connectivity index is 0.000000858. The summed E-state index contributed by atoms with van der Waals surface area (Å²) in [5.74, 6) is 4.01. The van der Waals surface area contributed by atoms with Gasteiger partial charge in [0.1, 0.15) is 0 Å². The monoisotopic (exact) mass is 428 g/mol. The van der Waals surface area contributed by atoms with E-state index in [-0.39, 0.29) is 5.41 Å². The number of rotatable bonds is 4. The molecule has 0 aromatic carbocycles. The minimum Gasteiger partial charge on any atom is -0.411 e. The van der Waals surface area contributed by atoms with Gasteiger partial charge < -0.3 is 10.6 Å². The molecule has 4 aliphatic carbocycles. The molecule has 0 radical (unpaired) electrons. The Kier molecular flexibility index (Phi) is 7.43. The molecule has 8 atom stereocenters. The molecule has 0 saturated heterocycles. The van der Waals surface area contributed by atoms with Gasteiger partial charge >= 0.3 is 0 Å². The number of fused-ring (bicyclic) bond motifs is 5. The molecule has 0 spiro atoms. The van der Waals surface area contributed by atoms with Crippen LogP contribution in [0.4, 0.5) is 0 Å². The lowest BCUT2D eigenvalue weighted by atomic mass is 9.39. The summed E-state index contributed by atoms with van der Waals surface area (Å²) in [6, 6.07) is 0. The van der Waals surface area contributed by atoms with Gasteiger partial charge in [-0.15, -0.1) is 11.7 Å². The van der Waals surface area contributed by atoms with E-state index in [1.54, 1.807) is 6.08 Å². The Labute approximate surface area is 191 Å². The minimum absolute atomic E-state index is 0.196. The zero-order valence-corrected chi connectivity index (χ0v) is 20.9. The fraction of sp³-hybridized carbons (Fsp3) is 0.857. The summed E-state index contributed by atoms with van der Waals surface area (Å²) < 4.78 is 0. The van der Waals surface area contributed by atoms with Gasteiger partial charge in [0.05, 0.1) is 6.21 Å². The molecule has 0 aromatic rings. The van der Waals surface area contributed by atoms with Crippen LogP contribution in [0.25, 0.3) is 0 Å². The highest BCUT2D eigenvalue weighted by Gasteiger charge is 2.62. The van der Waals surface area contributed by atoms with E-state index in [0.29, 0.717) is 10.8 Å². The molecule has 3 heteroatoms. The van der Waals surface area contributed by atoms with Crippen LogP contribution in [0.1, 0.15) is 105 Å². The number of hydrogen-bond donors (Lipinski definition) is 2. The molecule has 4 saturated carbocycles. The lowest BCUT2D eigenvalue weighted by Gasteiger charge is -2.65. The molecule has 8 unspecified atom stereocenters. The second kappa shape index (κ2) is 9.40. The first-order chi connectivity index (χ1) is 14.7. The molecule has 4 aliphatic rings. The predicted molar refractivity (Wildman–Crippen MR) is 132 cm³/mol. The normalized spacial score (nSPS) is 46.3. The number of allylic oxidation sites excluding steroid dienone is 1. The highest BCUT2D eigenvalue weighted by atomic mass is 16.4. The molecular weight excluding hydrogens is 380 g/mol. The van der Waals surface area contributed by atoms with Crippen molar-refractivity contribution in [3.63, 3.8) is 0 Å². The van der Waals surface area contributed by atoms with Crippen molar-refractivity contribution in [1.82, 2.24) is 0 Å². The van der Waals surface area contributed by atoms with Crippen molar-refractivity contribution in [2.45, 2.75) is 105 Å². The molecule has 0 amide bonds. The van der Waals surface area contributed by atoms with E-state index in [1.165, 1.54) is 64.2 Å². The predicted octanol–water partition coefficient (Wildman–Crippen LogP) is 8.12. The molecule has 0 bridgehead atoms. The van der Waals surface area contributed by atoms with Crippen LogP contribution >= 0.6 is 0 Å². The number of oxime groups is 1. The summed E-state index contributed by atoms with van der Waals surface area (Å²) in [6.45, 7) is 14.9. The van der Waals surface area contributed by atoms with Gasteiger partial charge in [-0.1, -0.05) is 33.3 Å². The fourth-order valence-corrected chi connectivity index (χ4v) is 9.02. The Bertz CT molecular complexity index is 686. The van der Waals surface area contributed by atoms with Crippen LogP contribution in [0, 0.1) is 51.2 Å². The van der Waals surface area contributed by atoms with Crippen LogP contribution in [0.3, 0.4) is 0 Å². The summed E-state index contributed by atoms with van der Waals surface area (Å²) in [6.07, 6.45) is 17.8. The van der Waals surface area contributed by atoms with Gasteiger partial charge in [-0.05, 0) is 118 Å². The zero-order chi connectivity index (χ0) is 22.9. The molecule has 31 heavy (non-hydrogen) atoms. The van der Waals surface area contributed by atoms with Gasteiger partial charge in [0, 0.05) is 11.1 Å². The second-order valence-electron chi connectivity index (χ2n) is 12.1. The topological polar surface area (TPSA) is 56.4 Å². The minimum atomic E-state index is 0.196. The van der Waals surface area contributed by atoms with Crippen LogP contribution in [0.2, 0.25) is 0 Å². The zero-order valence-electron chi connectivity index (χ0n) is 20.9. The lowest BCUT2D eigenvalue weighted by Crippen LogP contribution is -2.58. The summed E-state index contributed by atoms with van der Waals surface area (Å²) in [4.78, 5) is 0. The maximum absolute atomic E-state index is 9.35. The Hall–Kier alpha value is -1.12. The molecular formula is C28H48N2O. The standard InChI is InChI=1S/C25H42N2O.C3H6/c1-17-9-13-24(4)20-11-15-25(16-27-28)12-5-6-21(25)19(20)7-8-22(24)23(17,3)14-10-18(2)26;1-3-2/h16-17,19-22,26,28H,5-15H2,1-4H3;3H,1H2,2H3/b26-18?,27-16+;. The molecule has 4 fully saturated rings. The van der Waals surface area contributed by atoms with Crippen molar-refractivity contribution in [3.05, 3.63) is 12.7 Å². The highest BCUT2D eigenvalue weighted by molar-refractivity contribution is 5.78. The van der Waals surface area contributed by atoms with Crippen LogP contribution < -0.4 is 0 Å².